The average molecular weight is 532 g/mol. The minimum Gasteiger partial charge on any atom is -0.444 e. The third-order valence-electron chi connectivity index (χ3n) is 5.42. The molecule has 0 heterocycles. The van der Waals surface area contributed by atoms with Gasteiger partial charge in [0.05, 0.1) is 23.2 Å². The number of alkyl carbamates (subject to hydrolysis) is 1. The van der Waals surface area contributed by atoms with Gasteiger partial charge in [-0.15, -0.1) is 11.8 Å². The highest BCUT2D eigenvalue weighted by atomic mass is 32.2. The van der Waals surface area contributed by atoms with E-state index in [-0.39, 0.29) is 29.9 Å². The number of alkyl halides is 3. The van der Waals surface area contributed by atoms with Gasteiger partial charge in [0.2, 0.25) is 0 Å². The lowest BCUT2D eigenvalue weighted by atomic mass is 9.95. The summed E-state index contributed by atoms with van der Waals surface area (Å²) >= 11 is 1.45. The predicted octanol–water partition coefficient (Wildman–Crippen LogP) is 6.98. The van der Waals surface area contributed by atoms with Gasteiger partial charge in [-0.25, -0.2) is 4.79 Å². The van der Waals surface area contributed by atoms with Crippen molar-refractivity contribution in [2.45, 2.75) is 63.3 Å². The number of thioether (sulfide) groups is 1. The molecule has 0 saturated heterocycles. The molecule has 2 aromatic rings. The molecule has 6 nitrogen and oxygen atoms in total. The number of nitrogens with zero attached hydrogens (tertiary/aromatic N) is 1. The van der Waals surface area contributed by atoms with Gasteiger partial charge < -0.3 is 15.4 Å². The van der Waals surface area contributed by atoms with Crippen LogP contribution >= 0.6 is 11.8 Å². The van der Waals surface area contributed by atoms with Crippen LogP contribution in [0, 0.1) is 11.3 Å². The van der Waals surface area contributed by atoms with Crippen molar-refractivity contribution < 1.29 is 27.5 Å². The van der Waals surface area contributed by atoms with Crippen LogP contribution in [0.25, 0.3) is 0 Å². The standard InChI is InChI=1S/C27H28F3N3O3S/c1-5-37-22-13-16(15-31)9-10-19(22)24(33-25(35)36-26(2,3)4)23-20(11-12-21(23)34)32-18-8-6-7-17(14-18)27(28,29)30/h6-10,13-14,24,32H,5,11-12H2,1-4H3,(H,33,35). The molecule has 1 amide bonds. The Morgan fingerprint density at radius 2 is 1.89 bits per heavy atom. The normalized spacial score (nSPS) is 14.8. The number of hydrogen-bond donors (Lipinski definition) is 2. The van der Waals surface area contributed by atoms with E-state index >= 15 is 0 Å². The maximum absolute atomic E-state index is 13.2. The number of ether oxygens (including phenoxy) is 1. The fraction of sp³-hybridized carbons (Fsp3) is 0.370. The summed E-state index contributed by atoms with van der Waals surface area (Å²) in [7, 11) is 0. The Balaban J connectivity index is 2.12. The first-order valence-electron chi connectivity index (χ1n) is 11.7. The highest BCUT2D eigenvalue weighted by Gasteiger charge is 2.35. The monoisotopic (exact) mass is 531 g/mol. The van der Waals surface area contributed by atoms with Crippen molar-refractivity contribution in [3.63, 3.8) is 0 Å². The molecule has 37 heavy (non-hydrogen) atoms. The van der Waals surface area contributed by atoms with Gasteiger partial charge in [-0.05, 0) is 68.8 Å². The molecule has 0 aliphatic heterocycles. The van der Waals surface area contributed by atoms with E-state index in [0.29, 0.717) is 27.5 Å². The number of amides is 1. The van der Waals surface area contributed by atoms with Gasteiger partial charge in [-0.1, -0.05) is 19.1 Å². The number of ketones is 1. The molecule has 1 aliphatic rings. The van der Waals surface area contributed by atoms with E-state index in [2.05, 4.69) is 16.7 Å². The second kappa shape index (κ2) is 11.3. The molecule has 0 aromatic heterocycles. The van der Waals surface area contributed by atoms with Crippen LogP contribution in [-0.4, -0.2) is 23.2 Å². The van der Waals surface area contributed by atoms with Gasteiger partial charge in [-0.2, -0.15) is 18.4 Å². The molecule has 3 rings (SSSR count). The summed E-state index contributed by atoms with van der Waals surface area (Å²) in [5.74, 6) is 0.427. The topological polar surface area (TPSA) is 91.2 Å². The fourth-order valence-electron chi connectivity index (χ4n) is 3.94. The SMILES string of the molecule is CCSc1cc(C#N)ccc1C(NC(=O)OC(C)(C)C)C1=C(Nc2cccc(C(F)(F)F)c2)CCC1=O. The van der Waals surface area contributed by atoms with E-state index in [1.54, 1.807) is 39.0 Å². The Hall–Kier alpha value is -3.45. The maximum Gasteiger partial charge on any atom is 0.416 e. The summed E-state index contributed by atoms with van der Waals surface area (Å²) in [6.07, 6.45) is -4.87. The molecular weight excluding hydrogens is 503 g/mol. The van der Waals surface area contributed by atoms with E-state index < -0.39 is 29.5 Å². The number of hydrogen-bond acceptors (Lipinski definition) is 6. The van der Waals surface area contributed by atoms with E-state index in [4.69, 9.17) is 4.74 Å². The molecule has 2 aromatic carbocycles. The van der Waals surface area contributed by atoms with Crippen LogP contribution in [0.2, 0.25) is 0 Å². The molecule has 0 radical (unpaired) electrons. The van der Waals surface area contributed by atoms with E-state index in [9.17, 15) is 28.0 Å². The van der Waals surface area contributed by atoms with Crippen LogP contribution in [0.15, 0.2) is 58.6 Å². The number of carbonyl (C=O) groups excluding carboxylic acids is 2. The summed E-state index contributed by atoms with van der Waals surface area (Å²) in [5, 5.41) is 15.2. The van der Waals surface area contributed by atoms with Crippen molar-refractivity contribution in [2.24, 2.45) is 0 Å². The van der Waals surface area contributed by atoms with Crippen molar-refractivity contribution in [1.29, 1.82) is 5.26 Å². The lowest BCUT2D eigenvalue weighted by Gasteiger charge is -2.26. The molecular formula is C27H28F3N3O3S. The number of anilines is 1. The second-order valence-electron chi connectivity index (χ2n) is 9.40. The molecule has 2 N–H and O–H groups in total. The van der Waals surface area contributed by atoms with Gasteiger partial charge in [0, 0.05) is 28.3 Å². The molecule has 196 valence electrons. The number of benzene rings is 2. The molecule has 0 fully saturated rings. The van der Waals surface area contributed by atoms with E-state index in [1.165, 1.54) is 23.9 Å². The van der Waals surface area contributed by atoms with Crippen molar-refractivity contribution in [1.82, 2.24) is 5.32 Å². The van der Waals surface area contributed by atoms with E-state index in [0.717, 1.165) is 12.1 Å². The summed E-state index contributed by atoms with van der Waals surface area (Å²) in [6, 6.07) is 10.8. The number of nitriles is 1. The van der Waals surface area contributed by atoms with Crippen molar-refractivity contribution in [2.75, 3.05) is 11.1 Å². The first-order valence-corrected chi connectivity index (χ1v) is 12.7. The summed E-state index contributed by atoms with van der Waals surface area (Å²) in [4.78, 5) is 26.7. The van der Waals surface area contributed by atoms with Gasteiger partial charge >= 0.3 is 12.3 Å². The lowest BCUT2D eigenvalue weighted by Crippen LogP contribution is -2.37. The number of carbonyl (C=O) groups is 2. The highest BCUT2D eigenvalue weighted by Crippen LogP contribution is 2.39. The predicted molar refractivity (Wildman–Crippen MR) is 136 cm³/mol. The Morgan fingerprint density at radius 1 is 1.16 bits per heavy atom. The molecule has 1 unspecified atom stereocenters. The van der Waals surface area contributed by atoms with Crippen LogP contribution < -0.4 is 10.6 Å². The van der Waals surface area contributed by atoms with Crippen LogP contribution in [0.3, 0.4) is 0 Å². The quantitative estimate of drug-likeness (QED) is 0.375. The second-order valence-corrected chi connectivity index (χ2v) is 10.7. The zero-order valence-corrected chi connectivity index (χ0v) is 21.8. The summed E-state index contributed by atoms with van der Waals surface area (Å²) < 4.78 is 45.2. The number of allylic oxidation sites excluding steroid dienone is 1. The molecule has 0 saturated carbocycles. The first-order chi connectivity index (χ1) is 17.3. The fourth-order valence-corrected chi connectivity index (χ4v) is 4.82. The van der Waals surface area contributed by atoms with Crippen LogP contribution in [0.4, 0.5) is 23.7 Å². The number of Topliss-reactive ketones (excluding diaryl/α,β-unsaturated/α-hetero) is 1. The molecule has 10 heteroatoms. The molecule has 1 aliphatic carbocycles. The van der Waals surface area contributed by atoms with Crippen molar-refractivity contribution >= 4 is 29.3 Å². The van der Waals surface area contributed by atoms with Crippen molar-refractivity contribution in [3.8, 4) is 6.07 Å². The average Bonchev–Trinajstić information content (AvgIpc) is 3.16. The smallest absolute Gasteiger partial charge is 0.416 e. The zero-order valence-electron chi connectivity index (χ0n) is 21.0. The van der Waals surface area contributed by atoms with Gasteiger partial charge in [0.1, 0.15) is 5.60 Å². The van der Waals surface area contributed by atoms with Crippen LogP contribution in [-0.2, 0) is 15.7 Å². The van der Waals surface area contributed by atoms with Gasteiger partial charge in [0.25, 0.3) is 0 Å². The lowest BCUT2D eigenvalue weighted by molar-refractivity contribution is -0.137. The Kier molecular flexibility index (Phi) is 8.59. The summed E-state index contributed by atoms with van der Waals surface area (Å²) in [6.45, 7) is 7.07. The number of rotatable bonds is 7. The molecule has 0 bridgehead atoms. The third kappa shape index (κ3) is 7.29. The van der Waals surface area contributed by atoms with Crippen molar-refractivity contribution in [3.05, 3.63) is 70.4 Å². The third-order valence-corrected chi connectivity index (χ3v) is 6.37. The van der Waals surface area contributed by atoms with Crippen LogP contribution in [0.1, 0.15) is 63.3 Å². The van der Waals surface area contributed by atoms with Crippen LogP contribution in [0.5, 0.6) is 0 Å². The first kappa shape index (κ1) is 28.1. The van der Waals surface area contributed by atoms with Gasteiger partial charge in [-0.3, -0.25) is 4.79 Å². The maximum atomic E-state index is 13.2. The largest absolute Gasteiger partial charge is 0.444 e. The minimum atomic E-state index is -4.52. The Morgan fingerprint density at radius 3 is 2.51 bits per heavy atom. The molecule has 1 atom stereocenters. The van der Waals surface area contributed by atoms with Gasteiger partial charge in [0.15, 0.2) is 5.78 Å². The highest BCUT2D eigenvalue weighted by molar-refractivity contribution is 7.99. The number of nitrogens with one attached hydrogen (secondary N) is 2. The molecule has 0 spiro atoms. The minimum absolute atomic E-state index is 0.135. The number of halogens is 3. The zero-order chi connectivity index (χ0) is 27.4. The van der Waals surface area contributed by atoms with E-state index in [1.807, 2.05) is 6.92 Å². The Labute approximate surface area is 218 Å². The summed E-state index contributed by atoms with van der Waals surface area (Å²) in [5.41, 5.74) is 0.230. The Bertz CT molecular complexity index is 1260.